The Morgan fingerprint density at radius 3 is 2.93 bits per heavy atom. The average Bonchev–Trinajstić information content (AvgIpc) is 2.69. The van der Waals surface area contributed by atoms with E-state index >= 15 is 0 Å². The van der Waals surface area contributed by atoms with Gasteiger partial charge in [-0.3, -0.25) is 4.79 Å². The van der Waals surface area contributed by atoms with Crippen LogP contribution in [0.5, 0.6) is 0 Å². The summed E-state index contributed by atoms with van der Waals surface area (Å²) in [6.07, 6.45) is 1.78. The summed E-state index contributed by atoms with van der Waals surface area (Å²) in [5.41, 5.74) is 0.561. The zero-order valence-corrected chi connectivity index (χ0v) is 9.21. The molecule has 2 N–H and O–H groups in total. The van der Waals surface area contributed by atoms with E-state index in [1.807, 2.05) is 17.0 Å². The van der Waals surface area contributed by atoms with Gasteiger partial charge in [0.15, 0.2) is 0 Å². The highest BCUT2D eigenvalue weighted by Gasteiger charge is 2.33. The number of hydrogen-bond donors (Lipinski definition) is 2. The molecule has 1 aliphatic heterocycles. The molecule has 4 heteroatoms. The quantitative estimate of drug-likeness (QED) is 0.717. The number of aromatic amines is 1. The van der Waals surface area contributed by atoms with E-state index in [0.29, 0.717) is 5.69 Å². The van der Waals surface area contributed by atoms with Gasteiger partial charge in [0.05, 0.1) is 5.54 Å². The van der Waals surface area contributed by atoms with Gasteiger partial charge in [0.1, 0.15) is 5.69 Å². The van der Waals surface area contributed by atoms with Crippen LogP contribution in [-0.4, -0.2) is 41.0 Å². The van der Waals surface area contributed by atoms with Crippen molar-refractivity contribution < 1.29 is 4.79 Å². The van der Waals surface area contributed by atoms with E-state index in [-0.39, 0.29) is 11.4 Å². The number of carbonyl (C=O) groups is 1. The van der Waals surface area contributed by atoms with E-state index in [2.05, 4.69) is 24.1 Å². The van der Waals surface area contributed by atoms with E-state index in [9.17, 15) is 4.79 Å². The highest BCUT2D eigenvalue weighted by atomic mass is 16.2. The molecule has 82 valence electrons. The SMILES string of the molecule is CC1(C)CNCCN1C(=O)c1ccc[nH]1. The number of aromatic nitrogens is 1. The molecule has 1 amide bonds. The van der Waals surface area contributed by atoms with Gasteiger partial charge in [-0.25, -0.2) is 0 Å². The molecule has 1 saturated heterocycles. The van der Waals surface area contributed by atoms with Crippen molar-refractivity contribution in [1.29, 1.82) is 0 Å². The second kappa shape index (κ2) is 3.70. The van der Waals surface area contributed by atoms with E-state index in [1.54, 1.807) is 6.20 Å². The minimum absolute atomic E-state index is 0.0894. The minimum atomic E-state index is -0.111. The third-order valence-electron chi connectivity index (χ3n) is 2.87. The summed E-state index contributed by atoms with van der Waals surface area (Å²) < 4.78 is 0. The molecule has 1 aromatic heterocycles. The lowest BCUT2D eigenvalue weighted by molar-refractivity contribution is 0.0472. The largest absolute Gasteiger partial charge is 0.357 e. The first kappa shape index (κ1) is 10.2. The zero-order chi connectivity index (χ0) is 10.9. The van der Waals surface area contributed by atoms with Crippen molar-refractivity contribution in [2.45, 2.75) is 19.4 Å². The molecule has 0 spiro atoms. The highest BCUT2D eigenvalue weighted by molar-refractivity contribution is 5.93. The van der Waals surface area contributed by atoms with Crippen molar-refractivity contribution >= 4 is 5.91 Å². The van der Waals surface area contributed by atoms with Crippen LogP contribution in [-0.2, 0) is 0 Å². The Morgan fingerprint density at radius 2 is 2.33 bits per heavy atom. The lowest BCUT2D eigenvalue weighted by Gasteiger charge is -2.42. The van der Waals surface area contributed by atoms with Gasteiger partial charge < -0.3 is 15.2 Å². The first-order chi connectivity index (χ1) is 7.11. The summed E-state index contributed by atoms with van der Waals surface area (Å²) in [5.74, 6) is 0.0894. The first-order valence-corrected chi connectivity index (χ1v) is 5.27. The van der Waals surface area contributed by atoms with E-state index < -0.39 is 0 Å². The van der Waals surface area contributed by atoms with E-state index in [4.69, 9.17) is 0 Å². The summed E-state index contributed by atoms with van der Waals surface area (Å²) in [6, 6.07) is 3.67. The molecule has 1 fully saturated rings. The number of nitrogens with zero attached hydrogens (tertiary/aromatic N) is 1. The number of hydrogen-bond acceptors (Lipinski definition) is 2. The van der Waals surface area contributed by atoms with Crippen LogP contribution in [0, 0.1) is 0 Å². The Hall–Kier alpha value is -1.29. The molecule has 0 bridgehead atoms. The standard InChI is InChI=1S/C11H17N3O/c1-11(2)8-12-6-7-14(11)10(15)9-4-3-5-13-9/h3-5,12-13H,6-8H2,1-2H3. The monoisotopic (exact) mass is 207 g/mol. The summed E-state index contributed by atoms with van der Waals surface area (Å²) in [7, 11) is 0. The third kappa shape index (κ3) is 1.90. The van der Waals surface area contributed by atoms with Crippen molar-refractivity contribution in [3.05, 3.63) is 24.0 Å². The molecule has 0 saturated carbocycles. The zero-order valence-electron chi connectivity index (χ0n) is 9.21. The van der Waals surface area contributed by atoms with Crippen LogP contribution < -0.4 is 5.32 Å². The summed E-state index contributed by atoms with van der Waals surface area (Å²) >= 11 is 0. The molecule has 1 aliphatic rings. The third-order valence-corrected chi connectivity index (χ3v) is 2.87. The molecule has 15 heavy (non-hydrogen) atoms. The second-order valence-electron chi connectivity index (χ2n) is 4.53. The van der Waals surface area contributed by atoms with Crippen LogP contribution >= 0.6 is 0 Å². The van der Waals surface area contributed by atoms with Gasteiger partial charge in [-0.15, -0.1) is 0 Å². The second-order valence-corrected chi connectivity index (χ2v) is 4.53. The Morgan fingerprint density at radius 1 is 1.53 bits per heavy atom. The Bertz CT molecular complexity index is 343. The maximum Gasteiger partial charge on any atom is 0.270 e. The van der Waals surface area contributed by atoms with Crippen molar-refractivity contribution in [3.63, 3.8) is 0 Å². The van der Waals surface area contributed by atoms with Crippen LogP contribution in [0.3, 0.4) is 0 Å². The number of carbonyl (C=O) groups excluding carboxylic acids is 1. The van der Waals surface area contributed by atoms with Crippen molar-refractivity contribution in [2.75, 3.05) is 19.6 Å². The number of rotatable bonds is 1. The number of amides is 1. The molecular formula is C11H17N3O. The van der Waals surface area contributed by atoms with Crippen LogP contribution in [0.15, 0.2) is 18.3 Å². The van der Waals surface area contributed by atoms with Gasteiger partial charge in [-0.1, -0.05) is 0 Å². The maximum atomic E-state index is 12.1. The Labute approximate surface area is 89.7 Å². The molecule has 2 rings (SSSR count). The molecule has 4 nitrogen and oxygen atoms in total. The average molecular weight is 207 g/mol. The molecular weight excluding hydrogens is 190 g/mol. The minimum Gasteiger partial charge on any atom is -0.357 e. The van der Waals surface area contributed by atoms with Crippen molar-refractivity contribution in [2.24, 2.45) is 0 Å². The summed E-state index contributed by atoms with van der Waals surface area (Å²) in [4.78, 5) is 17.0. The molecule has 0 unspecified atom stereocenters. The lowest BCUT2D eigenvalue weighted by atomic mass is 10.00. The topological polar surface area (TPSA) is 48.1 Å². The Kier molecular flexibility index (Phi) is 2.52. The molecule has 0 radical (unpaired) electrons. The molecule has 0 atom stereocenters. The molecule has 0 aromatic carbocycles. The fourth-order valence-electron chi connectivity index (χ4n) is 1.97. The molecule has 2 heterocycles. The normalized spacial score (nSPS) is 20.3. The predicted molar refractivity (Wildman–Crippen MR) is 58.8 cm³/mol. The fraction of sp³-hybridized carbons (Fsp3) is 0.545. The van der Waals surface area contributed by atoms with Crippen molar-refractivity contribution in [1.82, 2.24) is 15.2 Å². The van der Waals surface area contributed by atoms with Crippen molar-refractivity contribution in [3.8, 4) is 0 Å². The van der Waals surface area contributed by atoms with Gasteiger partial charge in [-0.05, 0) is 26.0 Å². The van der Waals surface area contributed by atoms with Crippen LogP contribution in [0.1, 0.15) is 24.3 Å². The van der Waals surface area contributed by atoms with Crippen LogP contribution in [0.4, 0.5) is 0 Å². The lowest BCUT2D eigenvalue weighted by Crippen LogP contribution is -2.59. The smallest absolute Gasteiger partial charge is 0.270 e. The summed E-state index contributed by atoms with van der Waals surface area (Å²) in [6.45, 7) is 6.65. The maximum absolute atomic E-state index is 12.1. The van der Waals surface area contributed by atoms with Gasteiger partial charge in [0.25, 0.3) is 5.91 Å². The summed E-state index contributed by atoms with van der Waals surface area (Å²) in [5, 5.41) is 3.30. The fourth-order valence-corrected chi connectivity index (χ4v) is 1.97. The van der Waals surface area contributed by atoms with Gasteiger partial charge in [0, 0.05) is 25.8 Å². The van der Waals surface area contributed by atoms with Gasteiger partial charge in [-0.2, -0.15) is 0 Å². The van der Waals surface area contributed by atoms with E-state index in [1.165, 1.54) is 0 Å². The van der Waals surface area contributed by atoms with Crippen LogP contribution in [0.2, 0.25) is 0 Å². The first-order valence-electron chi connectivity index (χ1n) is 5.27. The molecule has 0 aliphatic carbocycles. The Balaban J connectivity index is 2.19. The molecule has 1 aromatic rings. The van der Waals surface area contributed by atoms with Crippen LogP contribution in [0.25, 0.3) is 0 Å². The number of nitrogens with one attached hydrogen (secondary N) is 2. The predicted octanol–water partition coefficient (Wildman–Crippen LogP) is 0.839. The number of piperazine rings is 1. The highest BCUT2D eigenvalue weighted by Crippen LogP contribution is 2.18. The van der Waals surface area contributed by atoms with Gasteiger partial charge in [0.2, 0.25) is 0 Å². The van der Waals surface area contributed by atoms with E-state index in [0.717, 1.165) is 19.6 Å². The number of H-pyrrole nitrogens is 1. The van der Waals surface area contributed by atoms with Gasteiger partial charge >= 0.3 is 0 Å².